The zero-order chi connectivity index (χ0) is 15.6. The summed E-state index contributed by atoms with van der Waals surface area (Å²) in [5.41, 5.74) is 5.15. The summed E-state index contributed by atoms with van der Waals surface area (Å²) >= 11 is 0. The van der Waals surface area contributed by atoms with Gasteiger partial charge in [0.15, 0.2) is 0 Å². The average molecular weight is 316 g/mol. The van der Waals surface area contributed by atoms with Crippen LogP contribution >= 0.6 is 0 Å². The summed E-state index contributed by atoms with van der Waals surface area (Å²) in [6.45, 7) is 1.22. The van der Waals surface area contributed by atoms with Crippen LogP contribution in [-0.4, -0.2) is 27.8 Å². The van der Waals surface area contributed by atoms with Crippen LogP contribution in [0.25, 0.3) is 11.1 Å². The summed E-state index contributed by atoms with van der Waals surface area (Å²) < 4.78 is 24.6. The quantitative estimate of drug-likeness (QED) is 0.804. The normalized spacial score (nSPS) is 13.9. The van der Waals surface area contributed by atoms with Gasteiger partial charge < -0.3 is 5.32 Å². The van der Waals surface area contributed by atoms with Gasteiger partial charge in [-0.1, -0.05) is 48.5 Å². The van der Waals surface area contributed by atoms with Crippen molar-refractivity contribution < 1.29 is 8.42 Å². The Labute approximate surface area is 131 Å². The Morgan fingerprint density at radius 3 is 2.00 bits per heavy atom. The summed E-state index contributed by atoms with van der Waals surface area (Å²) in [5, 5.41) is 3.55. The van der Waals surface area contributed by atoms with E-state index in [9.17, 15) is 8.42 Å². The SMILES string of the molecule is CS(=O)(=O)NCCCNC1c2ccccc2-c2ccccc21. The third-order valence-electron chi connectivity index (χ3n) is 3.90. The fraction of sp³-hybridized carbons (Fsp3) is 0.294. The Morgan fingerprint density at radius 1 is 0.909 bits per heavy atom. The highest BCUT2D eigenvalue weighted by Crippen LogP contribution is 2.42. The van der Waals surface area contributed by atoms with Gasteiger partial charge in [-0.3, -0.25) is 0 Å². The average Bonchev–Trinajstić information content (AvgIpc) is 2.81. The van der Waals surface area contributed by atoms with Gasteiger partial charge in [0.2, 0.25) is 10.0 Å². The molecule has 3 rings (SSSR count). The van der Waals surface area contributed by atoms with Crippen molar-refractivity contribution in [2.75, 3.05) is 19.3 Å². The van der Waals surface area contributed by atoms with E-state index in [2.05, 4.69) is 58.6 Å². The number of rotatable bonds is 6. The van der Waals surface area contributed by atoms with Crippen molar-refractivity contribution in [1.82, 2.24) is 10.0 Å². The van der Waals surface area contributed by atoms with Gasteiger partial charge in [0.05, 0.1) is 12.3 Å². The summed E-state index contributed by atoms with van der Waals surface area (Å²) in [6, 6.07) is 17.0. The second-order valence-electron chi connectivity index (χ2n) is 5.58. The van der Waals surface area contributed by atoms with Crippen LogP contribution in [-0.2, 0) is 10.0 Å². The van der Waals surface area contributed by atoms with Crippen molar-refractivity contribution in [3.05, 3.63) is 59.7 Å². The Morgan fingerprint density at radius 2 is 1.45 bits per heavy atom. The smallest absolute Gasteiger partial charge is 0.208 e. The number of nitrogens with one attached hydrogen (secondary N) is 2. The minimum Gasteiger partial charge on any atom is -0.306 e. The monoisotopic (exact) mass is 316 g/mol. The Bertz CT molecular complexity index is 726. The van der Waals surface area contributed by atoms with E-state index in [0.29, 0.717) is 6.54 Å². The molecule has 1 aliphatic rings. The van der Waals surface area contributed by atoms with Crippen LogP contribution < -0.4 is 10.0 Å². The molecule has 2 aromatic rings. The van der Waals surface area contributed by atoms with E-state index in [4.69, 9.17) is 0 Å². The maximum absolute atomic E-state index is 11.0. The minimum absolute atomic E-state index is 0.186. The number of sulfonamides is 1. The second-order valence-corrected chi connectivity index (χ2v) is 7.41. The molecule has 0 unspecified atom stereocenters. The molecule has 116 valence electrons. The molecule has 0 saturated carbocycles. The summed E-state index contributed by atoms with van der Waals surface area (Å²) in [6.07, 6.45) is 1.94. The zero-order valence-corrected chi connectivity index (χ0v) is 13.4. The van der Waals surface area contributed by atoms with Gasteiger partial charge in [-0.25, -0.2) is 13.1 Å². The maximum atomic E-state index is 11.0. The van der Waals surface area contributed by atoms with Gasteiger partial charge in [0.1, 0.15) is 0 Å². The van der Waals surface area contributed by atoms with Crippen molar-refractivity contribution in [2.24, 2.45) is 0 Å². The van der Waals surface area contributed by atoms with Crippen LogP contribution in [0.2, 0.25) is 0 Å². The molecule has 22 heavy (non-hydrogen) atoms. The van der Waals surface area contributed by atoms with Gasteiger partial charge in [-0.15, -0.1) is 0 Å². The standard InChI is InChI=1S/C17H20N2O2S/c1-22(20,21)19-12-6-11-18-17-15-9-4-2-7-13(15)14-8-3-5-10-16(14)17/h2-5,7-10,17-19H,6,11-12H2,1H3. The first-order valence-corrected chi connectivity index (χ1v) is 9.31. The molecule has 0 atom stereocenters. The van der Waals surface area contributed by atoms with E-state index in [-0.39, 0.29) is 6.04 Å². The first-order chi connectivity index (χ1) is 10.6. The van der Waals surface area contributed by atoms with Crippen LogP contribution in [0.15, 0.2) is 48.5 Å². The van der Waals surface area contributed by atoms with E-state index >= 15 is 0 Å². The molecular weight excluding hydrogens is 296 g/mol. The Kier molecular flexibility index (Phi) is 4.29. The molecule has 0 aliphatic heterocycles. The molecule has 0 spiro atoms. The molecule has 0 fully saturated rings. The lowest BCUT2D eigenvalue weighted by molar-refractivity contribution is 0.567. The zero-order valence-electron chi connectivity index (χ0n) is 12.5. The molecule has 4 nitrogen and oxygen atoms in total. The molecule has 0 aromatic heterocycles. The number of hydrogen-bond acceptors (Lipinski definition) is 3. The highest BCUT2D eigenvalue weighted by atomic mass is 32.2. The van der Waals surface area contributed by atoms with Crippen molar-refractivity contribution in [2.45, 2.75) is 12.5 Å². The van der Waals surface area contributed by atoms with Gasteiger partial charge in [-0.2, -0.15) is 0 Å². The Balaban J connectivity index is 1.69. The molecule has 0 amide bonds. The van der Waals surface area contributed by atoms with E-state index in [1.165, 1.54) is 28.5 Å². The van der Waals surface area contributed by atoms with Crippen LogP contribution in [0.4, 0.5) is 0 Å². The molecule has 1 aliphatic carbocycles. The van der Waals surface area contributed by atoms with Crippen LogP contribution in [0.1, 0.15) is 23.6 Å². The van der Waals surface area contributed by atoms with Crippen molar-refractivity contribution in [3.63, 3.8) is 0 Å². The third-order valence-corrected chi connectivity index (χ3v) is 4.63. The van der Waals surface area contributed by atoms with E-state index in [0.717, 1.165) is 13.0 Å². The van der Waals surface area contributed by atoms with Crippen LogP contribution in [0, 0.1) is 0 Å². The molecule has 0 heterocycles. The molecule has 0 bridgehead atoms. The van der Waals surface area contributed by atoms with Crippen LogP contribution in [0.3, 0.4) is 0 Å². The first-order valence-electron chi connectivity index (χ1n) is 7.42. The fourth-order valence-electron chi connectivity index (χ4n) is 2.97. The number of hydrogen-bond donors (Lipinski definition) is 2. The summed E-state index contributed by atoms with van der Waals surface area (Å²) in [5.74, 6) is 0. The first kappa shape index (κ1) is 15.2. The second kappa shape index (κ2) is 6.20. The lowest BCUT2D eigenvalue weighted by Gasteiger charge is -2.15. The van der Waals surface area contributed by atoms with Gasteiger partial charge in [0, 0.05) is 6.54 Å². The topological polar surface area (TPSA) is 58.2 Å². The Hall–Kier alpha value is -1.69. The molecule has 0 radical (unpaired) electrons. The molecule has 5 heteroatoms. The maximum Gasteiger partial charge on any atom is 0.208 e. The lowest BCUT2D eigenvalue weighted by atomic mass is 10.1. The number of fused-ring (bicyclic) bond motifs is 3. The highest BCUT2D eigenvalue weighted by Gasteiger charge is 2.27. The van der Waals surface area contributed by atoms with E-state index in [1.807, 2.05) is 0 Å². The summed E-state index contributed by atoms with van der Waals surface area (Å²) in [4.78, 5) is 0. The largest absolute Gasteiger partial charge is 0.306 e. The number of benzene rings is 2. The molecule has 2 aromatic carbocycles. The van der Waals surface area contributed by atoms with Crippen LogP contribution in [0.5, 0.6) is 0 Å². The third kappa shape index (κ3) is 3.21. The van der Waals surface area contributed by atoms with Gasteiger partial charge in [0.25, 0.3) is 0 Å². The molecule has 0 saturated heterocycles. The molecule has 2 N–H and O–H groups in total. The van der Waals surface area contributed by atoms with Gasteiger partial charge in [-0.05, 0) is 35.2 Å². The molecular formula is C17H20N2O2S. The lowest BCUT2D eigenvalue weighted by Crippen LogP contribution is -2.28. The van der Waals surface area contributed by atoms with Crippen molar-refractivity contribution >= 4 is 10.0 Å². The van der Waals surface area contributed by atoms with E-state index in [1.54, 1.807) is 0 Å². The summed E-state index contributed by atoms with van der Waals surface area (Å²) in [7, 11) is -3.10. The predicted octanol–water partition coefficient (Wildman–Crippen LogP) is 2.29. The highest BCUT2D eigenvalue weighted by molar-refractivity contribution is 7.88. The minimum atomic E-state index is -3.10. The van der Waals surface area contributed by atoms with Gasteiger partial charge >= 0.3 is 0 Å². The fourth-order valence-corrected chi connectivity index (χ4v) is 3.48. The predicted molar refractivity (Wildman–Crippen MR) is 89.2 cm³/mol. The van der Waals surface area contributed by atoms with Crippen molar-refractivity contribution in [3.8, 4) is 11.1 Å². The van der Waals surface area contributed by atoms with Crippen molar-refractivity contribution in [1.29, 1.82) is 0 Å². The van der Waals surface area contributed by atoms with E-state index < -0.39 is 10.0 Å².